The van der Waals surface area contributed by atoms with E-state index < -0.39 is 5.82 Å². The Morgan fingerprint density at radius 3 is 3.00 bits per heavy atom. The van der Waals surface area contributed by atoms with Crippen LogP contribution >= 0.6 is 0 Å². The van der Waals surface area contributed by atoms with Crippen molar-refractivity contribution in [3.8, 4) is 0 Å². The average molecular weight is 236 g/mol. The van der Waals surface area contributed by atoms with Gasteiger partial charge in [0.1, 0.15) is 5.82 Å². The topological polar surface area (TPSA) is 41.1 Å². The van der Waals surface area contributed by atoms with Gasteiger partial charge in [0.15, 0.2) is 0 Å². The Morgan fingerprint density at radius 1 is 1.53 bits per heavy atom. The maximum atomic E-state index is 13.6. The van der Waals surface area contributed by atoms with E-state index in [9.17, 15) is 9.18 Å². The predicted molar refractivity (Wildman–Crippen MR) is 64.5 cm³/mol. The fourth-order valence-corrected chi connectivity index (χ4v) is 2.04. The number of halogens is 1. The SMILES string of the molecule is Cc1ccc(C(=O)N[C@@H]2CCCNC2)c(F)c1. The third-order valence-corrected chi connectivity index (χ3v) is 3.00. The van der Waals surface area contributed by atoms with Gasteiger partial charge in [-0.15, -0.1) is 0 Å². The second-order valence-electron chi connectivity index (χ2n) is 4.50. The van der Waals surface area contributed by atoms with Crippen LogP contribution in [-0.4, -0.2) is 25.0 Å². The standard InChI is InChI=1S/C13H17FN2O/c1-9-4-5-11(12(14)7-9)13(17)16-10-3-2-6-15-8-10/h4-5,7,10,15H,2-3,6,8H2,1H3,(H,16,17)/t10-/m1/s1. The van der Waals surface area contributed by atoms with Gasteiger partial charge in [0.05, 0.1) is 5.56 Å². The maximum absolute atomic E-state index is 13.6. The van der Waals surface area contributed by atoms with E-state index in [1.807, 2.05) is 0 Å². The number of benzene rings is 1. The van der Waals surface area contributed by atoms with Crippen molar-refractivity contribution in [2.24, 2.45) is 0 Å². The van der Waals surface area contributed by atoms with E-state index in [0.717, 1.165) is 31.5 Å². The number of piperidine rings is 1. The Morgan fingerprint density at radius 2 is 2.35 bits per heavy atom. The molecule has 0 spiro atoms. The van der Waals surface area contributed by atoms with Crippen LogP contribution in [0.25, 0.3) is 0 Å². The molecule has 1 atom stereocenters. The molecule has 1 aromatic rings. The number of aryl methyl sites for hydroxylation is 1. The molecule has 0 aliphatic carbocycles. The fraction of sp³-hybridized carbons (Fsp3) is 0.462. The van der Waals surface area contributed by atoms with Crippen molar-refractivity contribution < 1.29 is 9.18 Å². The molecular formula is C13H17FN2O. The van der Waals surface area contributed by atoms with Gasteiger partial charge in [-0.25, -0.2) is 4.39 Å². The molecule has 0 unspecified atom stereocenters. The van der Waals surface area contributed by atoms with Crippen LogP contribution in [-0.2, 0) is 0 Å². The quantitative estimate of drug-likeness (QED) is 0.819. The number of hydrogen-bond acceptors (Lipinski definition) is 2. The Labute approximate surface area is 100 Å². The second-order valence-corrected chi connectivity index (χ2v) is 4.50. The van der Waals surface area contributed by atoms with Gasteiger partial charge >= 0.3 is 0 Å². The smallest absolute Gasteiger partial charge is 0.254 e. The number of carbonyl (C=O) groups is 1. The molecule has 1 aromatic carbocycles. The zero-order chi connectivity index (χ0) is 12.3. The van der Waals surface area contributed by atoms with Gasteiger partial charge in [-0.1, -0.05) is 6.07 Å². The Hall–Kier alpha value is -1.42. The molecule has 2 N–H and O–H groups in total. The van der Waals surface area contributed by atoms with Crippen LogP contribution in [0.3, 0.4) is 0 Å². The van der Waals surface area contributed by atoms with Gasteiger partial charge in [-0.05, 0) is 44.0 Å². The minimum atomic E-state index is -0.453. The normalized spacial score (nSPS) is 20.0. The lowest BCUT2D eigenvalue weighted by molar-refractivity contribution is 0.0926. The van der Waals surface area contributed by atoms with E-state index in [4.69, 9.17) is 0 Å². The summed E-state index contributed by atoms with van der Waals surface area (Å²) in [5.41, 5.74) is 0.944. The van der Waals surface area contributed by atoms with Gasteiger partial charge in [-0.3, -0.25) is 4.79 Å². The first-order valence-corrected chi connectivity index (χ1v) is 5.94. The third-order valence-electron chi connectivity index (χ3n) is 3.00. The van der Waals surface area contributed by atoms with Crippen molar-refractivity contribution in [1.29, 1.82) is 0 Å². The fourth-order valence-electron chi connectivity index (χ4n) is 2.04. The molecule has 3 nitrogen and oxygen atoms in total. The predicted octanol–water partition coefficient (Wildman–Crippen LogP) is 1.62. The van der Waals surface area contributed by atoms with Gasteiger partial charge in [0.2, 0.25) is 0 Å². The van der Waals surface area contributed by atoms with Crippen LogP contribution in [0.15, 0.2) is 18.2 Å². The molecule has 1 aliphatic heterocycles. The van der Waals surface area contributed by atoms with Gasteiger partial charge in [0, 0.05) is 12.6 Å². The molecule has 92 valence electrons. The summed E-state index contributed by atoms with van der Waals surface area (Å²) in [6, 6.07) is 4.78. The molecule has 1 amide bonds. The number of hydrogen-bond donors (Lipinski definition) is 2. The summed E-state index contributed by atoms with van der Waals surface area (Å²) in [5.74, 6) is -0.775. The highest BCUT2D eigenvalue weighted by Gasteiger charge is 2.18. The van der Waals surface area contributed by atoms with Crippen molar-refractivity contribution in [3.05, 3.63) is 35.1 Å². The maximum Gasteiger partial charge on any atom is 0.254 e. The van der Waals surface area contributed by atoms with Gasteiger partial charge < -0.3 is 10.6 Å². The van der Waals surface area contributed by atoms with Crippen molar-refractivity contribution in [2.45, 2.75) is 25.8 Å². The summed E-state index contributed by atoms with van der Waals surface area (Å²) >= 11 is 0. The molecule has 1 saturated heterocycles. The molecule has 0 aromatic heterocycles. The van der Waals surface area contributed by atoms with E-state index in [2.05, 4.69) is 10.6 Å². The van der Waals surface area contributed by atoms with E-state index in [-0.39, 0.29) is 17.5 Å². The summed E-state index contributed by atoms with van der Waals surface area (Å²) in [6.45, 7) is 3.56. The van der Waals surface area contributed by atoms with E-state index in [1.54, 1.807) is 13.0 Å². The van der Waals surface area contributed by atoms with Crippen LogP contribution in [0.2, 0.25) is 0 Å². The van der Waals surface area contributed by atoms with Crippen LogP contribution in [0.5, 0.6) is 0 Å². The molecule has 17 heavy (non-hydrogen) atoms. The highest BCUT2D eigenvalue weighted by molar-refractivity contribution is 5.94. The molecule has 2 rings (SSSR count). The van der Waals surface area contributed by atoms with Crippen molar-refractivity contribution in [1.82, 2.24) is 10.6 Å². The molecule has 0 radical (unpaired) electrons. The van der Waals surface area contributed by atoms with Crippen LogP contribution in [0.4, 0.5) is 4.39 Å². The molecule has 1 aliphatic rings. The third kappa shape index (κ3) is 3.03. The monoisotopic (exact) mass is 236 g/mol. The first-order valence-electron chi connectivity index (χ1n) is 5.94. The highest BCUT2D eigenvalue weighted by Crippen LogP contribution is 2.11. The Kier molecular flexibility index (Phi) is 3.74. The number of carbonyl (C=O) groups excluding carboxylic acids is 1. The number of nitrogens with one attached hydrogen (secondary N) is 2. The zero-order valence-corrected chi connectivity index (χ0v) is 9.92. The second kappa shape index (κ2) is 5.27. The Bertz CT molecular complexity index is 414. The van der Waals surface area contributed by atoms with Gasteiger partial charge in [0.25, 0.3) is 5.91 Å². The van der Waals surface area contributed by atoms with Crippen LogP contribution in [0.1, 0.15) is 28.8 Å². The summed E-state index contributed by atoms with van der Waals surface area (Å²) in [7, 11) is 0. The molecule has 1 fully saturated rings. The lowest BCUT2D eigenvalue weighted by Gasteiger charge is -2.23. The highest BCUT2D eigenvalue weighted by atomic mass is 19.1. The van der Waals surface area contributed by atoms with Crippen molar-refractivity contribution >= 4 is 5.91 Å². The summed E-state index contributed by atoms with van der Waals surface area (Å²) in [4.78, 5) is 11.9. The minimum absolute atomic E-state index is 0.108. The van der Waals surface area contributed by atoms with E-state index in [0.29, 0.717) is 0 Å². The van der Waals surface area contributed by atoms with Crippen molar-refractivity contribution in [2.75, 3.05) is 13.1 Å². The van der Waals surface area contributed by atoms with Crippen LogP contribution < -0.4 is 10.6 Å². The lowest BCUT2D eigenvalue weighted by Crippen LogP contribution is -2.45. The lowest BCUT2D eigenvalue weighted by atomic mass is 10.1. The summed E-state index contributed by atoms with van der Waals surface area (Å²) < 4.78 is 13.6. The minimum Gasteiger partial charge on any atom is -0.348 e. The van der Waals surface area contributed by atoms with Gasteiger partial charge in [-0.2, -0.15) is 0 Å². The average Bonchev–Trinajstić information content (AvgIpc) is 2.30. The number of amides is 1. The van der Waals surface area contributed by atoms with Crippen molar-refractivity contribution in [3.63, 3.8) is 0 Å². The first-order chi connectivity index (χ1) is 8.16. The molecule has 0 saturated carbocycles. The molecule has 4 heteroatoms. The number of rotatable bonds is 2. The molecule has 0 bridgehead atoms. The summed E-state index contributed by atoms with van der Waals surface area (Å²) in [6.07, 6.45) is 1.99. The summed E-state index contributed by atoms with van der Waals surface area (Å²) in [5, 5.41) is 6.06. The molecule has 1 heterocycles. The Balaban J connectivity index is 2.03. The first kappa shape index (κ1) is 12.0. The largest absolute Gasteiger partial charge is 0.348 e. The van der Waals surface area contributed by atoms with E-state index in [1.165, 1.54) is 12.1 Å². The van der Waals surface area contributed by atoms with E-state index >= 15 is 0 Å². The zero-order valence-electron chi connectivity index (χ0n) is 9.92. The molecular weight excluding hydrogens is 219 g/mol. The van der Waals surface area contributed by atoms with Crippen LogP contribution in [0, 0.1) is 12.7 Å².